The van der Waals surface area contributed by atoms with E-state index in [9.17, 15) is 0 Å². The van der Waals surface area contributed by atoms with Gasteiger partial charge < -0.3 is 10.1 Å². The van der Waals surface area contributed by atoms with E-state index >= 15 is 0 Å². The maximum absolute atomic E-state index is 5.83. The van der Waals surface area contributed by atoms with E-state index in [4.69, 9.17) is 4.74 Å². The molecule has 0 spiro atoms. The predicted octanol–water partition coefficient (Wildman–Crippen LogP) is 3.31. The summed E-state index contributed by atoms with van der Waals surface area (Å²) in [4.78, 5) is 5.89. The molecule has 1 aliphatic heterocycles. The van der Waals surface area contributed by atoms with Gasteiger partial charge in [0.2, 0.25) is 0 Å². The molecule has 0 bridgehead atoms. The summed E-state index contributed by atoms with van der Waals surface area (Å²) in [6, 6.07) is 6.24. The fourth-order valence-electron chi connectivity index (χ4n) is 2.16. The molecule has 3 nitrogen and oxygen atoms in total. The highest BCUT2D eigenvalue weighted by Gasteiger charge is 2.16. The lowest BCUT2D eigenvalue weighted by atomic mass is 10.1. The molecule has 0 atom stereocenters. The van der Waals surface area contributed by atoms with Crippen LogP contribution < -0.4 is 10.1 Å². The van der Waals surface area contributed by atoms with E-state index in [1.807, 2.05) is 6.07 Å². The largest absolute Gasteiger partial charge is 0.486 e. The summed E-state index contributed by atoms with van der Waals surface area (Å²) in [5.74, 6) is 2.00. The van der Waals surface area contributed by atoms with E-state index in [0.717, 1.165) is 29.5 Å². The van der Waals surface area contributed by atoms with Crippen LogP contribution in [0.25, 0.3) is 0 Å². The molecule has 1 aromatic carbocycles. The van der Waals surface area contributed by atoms with Gasteiger partial charge in [-0.25, -0.2) is 4.98 Å². The topological polar surface area (TPSA) is 34.1 Å². The van der Waals surface area contributed by atoms with Crippen LogP contribution >= 0.6 is 11.3 Å². The van der Waals surface area contributed by atoms with Gasteiger partial charge >= 0.3 is 0 Å². The van der Waals surface area contributed by atoms with Gasteiger partial charge in [-0.05, 0) is 25.5 Å². The molecule has 0 fully saturated rings. The van der Waals surface area contributed by atoms with E-state index < -0.39 is 0 Å². The van der Waals surface area contributed by atoms with Crippen molar-refractivity contribution in [3.8, 4) is 5.75 Å². The fourth-order valence-corrected chi connectivity index (χ4v) is 3.12. The van der Waals surface area contributed by atoms with Crippen molar-refractivity contribution in [2.75, 3.05) is 11.9 Å². The standard InChI is InChI=1S/C14H16N2OS/c1-9-3-4-11(10(2)7-9)17-8-13-16-14-12(18-13)5-6-15-14/h3-4,7,15H,5-6,8H2,1-2H3. The first-order chi connectivity index (χ1) is 8.72. The summed E-state index contributed by atoms with van der Waals surface area (Å²) in [6.45, 7) is 5.75. The number of aryl methyl sites for hydroxylation is 2. The lowest BCUT2D eigenvalue weighted by Crippen LogP contribution is -1.99. The number of aromatic nitrogens is 1. The van der Waals surface area contributed by atoms with Crippen molar-refractivity contribution in [2.45, 2.75) is 26.9 Å². The van der Waals surface area contributed by atoms with E-state index in [1.165, 1.54) is 16.0 Å². The number of thiazole rings is 1. The summed E-state index contributed by atoms with van der Waals surface area (Å²) < 4.78 is 5.83. The molecule has 0 aliphatic carbocycles. The van der Waals surface area contributed by atoms with Crippen LogP contribution in [0.2, 0.25) is 0 Å². The third kappa shape index (κ3) is 2.20. The van der Waals surface area contributed by atoms with Gasteiger partial charge in [-0.15, -0.1) is 11.3 Å². The number of fused-ring (bicyclic) bond motifs is 1. The van der Waals surface area contributed by atoms with Crippen molar-refractivity contribution in [2.24, 2.45) is 0 Å². The monoisotopic (exact) mass is 260 g/mol. The molecule has 18 heavy (non-hydrogen) atoms. The fraction of sp³-hybridized carbons (Fsp3) is 0.357. The van der Waals surface area contributed by atoms with Crippen LogP contribution in [0.15, 0.2) is 18.2 Å². The molecule has 2 heterocycles. The highest BCUT2D eigenvalue weighted by molar-refractivity contribution is 7.12. The molecule has 1 N–H and O–H groups in total. The van der Waals surface area contributed by atoms with Crippen LogP contribution in [0.4, 0.5) is 5.82 Å². The first kappa shape index (κ1) is 11.5. The Hall–Kier alpha value is -1.55. The first-order valence-corrected chi connectivity index (χ1v) is 6.96. The Morgan fingerprint density at radius 2 is 2.28 bits per heavy atom. The lowest BCUT2D eigenvalue weighted by Gasteiger charge is -2.08. The van der Waals surface area contributed by atoms with Gasteiger partial charge in [0.05, 0.1) is 4.88 Å². The van der Waals surface area contributed by atoms with Crippen molar-refractivity contribution in [3.63, 3.8) is 0 Å². The van der Waals surface area contributed by atoms with Gasteiger partial charge in [-0.2, -0.15) is 0 Å². The molecule has 0 saturated heterocycles. The Morgan fingerprint density at radius 1 is 1.39 bits per heavy atom. The van der Waals surface area contributed by atoms with Crippen LogP contribution in [0.3, 0.4) is 0 Å². The molecule has 0 radical (unpaired) electrons. The Balaban J connectivity index is 1.70. The molecule has 4 heteroatoms. The average Bonchev–Trinajstić information content (AvgIpc) is 2.88. The van der Waals surface area contributed by atoms with Crippen LogP contribution in [0.5, 0.6) is 5.75 Å². The smallest absolute Gasteiger partial charge is 0.140 e. The van der Waals surface area contributed by atoms with E-state index in [0.29, 0.717) is 6.61 Å². The number of nitrogens with one attached hydrogen (secondary N) is 1. The molecule has 3 rings (SSSR count). The molecular formula is C14H16N2OS. The van der Waals surface area contributed by atoms with Gasteiger partial charge in [0.1, 0.15) is 23.2 Å². The second-order valence-electron chi connectivity index (χ2n) is 4.61. The van der Waals surface area contributed by atoms with Crippen LogP contribution in [-0.2, 0) is 13.0 Å². The second kappa shape index (κ2) is 4.61. The molecular weight excluding hydrogens is 244 g/mol. The third-order valence-electron chi connectivity index (χ3n) is 3.07. The minimum atomic E-state index is 0.559. The predicted molar refractivity (Wildman–Crippen MR) is 74.6 cm³/mol. The lowest BCUT2D eigenvalue weighted by molar-refractivity contribution is 0.303. The molecule has 0 saturated carbocycles. The molecule has 94 valence electrons. The van der Waals surface area contributed by atoms with E-state index in [1.54, 1.807) is 11.3 Å². The Morgan fingerprint density at radius 3 is 3.06 bits per heavy atom. The second-order valence-corrected chi connectivity index (χ2v) is 5.78. The minimum Gasteiger partial charge on any atom is -0.486 e. The van der Waals surface area contributed by atoms with Gasteiger partial charge in [0, 0.05) is 13.0 Å². The van der Waals surface area contributed by atoms with Crippen LogP contribution in [0, 0.1) is 13.8 Å². The zero-order chi connectivity index (χ0) is 12.5. The Kier molecular flexibility index (Phi) is 2.96. The Labute approximate surface area is 111 Å². The molecule has 0 amide bonds. The van der Waals surface area contributed by atoms with Crippen molar-refractivity contribution in [3.05, 3.63) is 39.2 Å². The van der Waals surface area contributed by atoms with E-state index in [2.05, 4.69) is 36.3 Å². The van der Waals surface area contributed by atoms with Crippen LogP contribution in [0.1, 0.15) is 21.0 Å². The summed E-state index contributed by atoms with van der Waals surface area (Å²) >= 11 is 1.75. The maximum Gasteiger partial charge on any atom is 0.140 e. The number of rotatable bonds is 3. The van der Waals surface area contributed by atoms with Crippen molar-refractivity contribution in [1.82, 2.24) is 4.98 Å². The summed E-state index contributed by atoms with van der Waals surface area (Å²) in [5.41, 5.74) is 2.44. The normalized spacial score (nSPS) is 13.2. The average molecular weight is 260 g/mol. The zero-order valence-electron chi connectivity index (χ0n) is 10.6. The van der Waals surface area contributed by atoms with E-state index in [-0.39, 0.29) is 0 Å². The van der Waals surface area contributed by atoms with Gasteiger partial charge in [0.15, 0.2) is 0 Å². The first-order valence-electron chi connectivity index (χ1n) is 6.15. The number of ether oxygens (including phenoxy) is 1. The van der Waals surface area contributed by atoms with Gasteiger partial charge in [-0.1, -0.05) is 17.7 Å². The SMILES string of the molecule is Cc1ccc(OCc2nc3c(s2)CCN3)c(C)c1. The summed E-state index contributed by atoms with van der Waals surface area (Å²) in [7, 11) is 0. The zero-order valence-corrected chi connectivity index (χ0v) is 11.4. The highest BCUT2D eigenvalue weighted by Crippen LogP contribution is 2.29. The third-order valence-corrected chi connectivity index (χ3v) is 4.16. The molecule has 1 aliphatic rings. The molecule has 0 unspecified atom stereocenters. The maximum atomic E-state index is 5.83. The minimum absolute atomic E-state index is 0.559. The quantitative estimate of drug-likeness (QED) is 0.919. The summed E-state index contributed by atoms with van der Waals surface area (Å²) in [6.07, 6.45) is 1.09. The van der Waals surface area contributed by atoms with Crippen molar-refractivity contribution < 1.29 is 4.74 Å². The van der Waals surface area contributed by atoms with Gasteiger partial charge in [-0.3, -0.25) is 0 Å². The number of nitrogens with zero attached hydrogens (tertiary/aromatic N) is 1. The Bertz CT molecular complexity index is 556. The number of anilines is 1. The van der Waals surface area contributed by atoms with Crippen molar-refractivity contribution >= 4 is 17.2 Å². The number of hydrogen-bond donors (Lipinski definition) is 1. The van der Waals surface area contributed by atoms with Crippen LogP contribution in [-0.4, -0.2) is 11.5 Å². The molecule has 2 aromatic rings. The number of hydrogen-bond acceptors (Lipinski definition) is 4. The highest BCUT2D eigenvalue weighted by atomic mass is 32.1. The van der Waals surface area contributed by atoms with Crippen molar-refractivity contribution in [1.29, 1.82) is 0 Å². The molecule has 1 aromatic heterocycles. The summed E-state index contributed by atoms with van der Waals surface area (Å²) in [5, 5.41) is 4.33. The number of benzene rings is 1. The van der Waals surface area contributed by atoms with Gasteiger partial charge in [0.25, 0.3) is 0 Å².